The van der Waals surface area contributed by atoms with Crippen molar-refractivity contribution >= 4 is 22.4 Å². The van der Waals surface area contributed by atoms with Crippen LogP contribution in [-0.2, 0) is 11.3 Å². The normalized spacial score (nSPS) is 19.2. The number of amides is 1. The van der Waals surface area contributed by atoms with Gasteiger partial charge in [0.15, 0.2) is 5.13 Å². The molecule has 0 bridgehead atoms. The van der Waals surface area contributed by atoms with Crippen molar-refractivity contribution in [1.29, 1.82) is 0 Å². The Bertz CT molecular complexity index is 415. The summed E-state index contributed by atoms with van der Waals surface area (Å²) in [6, 6.07) is 0. The lowest BCUT2D eigenvalue weighted by Gasteiger charge is -2.41. The molecule has 0 atom stereocenters. The minimum atomic E-state index is -0.521. The van der Waals surface area contributed by atoms with Crippen LogP contribution in [0, 0.1) is 0 Å². The van der Waals surface area contributed by atoms with E-state index < -0.39 is 5.54 Å². The molecule has 2 heterocycles. The van der Waals surface area contributed by atoms with Crippen molar-refractivity contribution < 1.29 is 4.79 Å². The molecule has 1 aromatic rings. The van der Waals surface area contributed by atoms with Crippen LogP contribution < -0.4 is 15.5 Å². The van der Waals surface area contributed by atoms with Crippen LogP contribution in [0.25, 0.3) is 0 Å². The third-order valence-corrected chi connectivity index (χ3v) is 4.00. The van der Waals surface area contributed by atoms with Crippen molar-refractivity contribution in [3.63, 3.8) is 0 Å². The molecule has 94 valence electrons. The van der Waals surface area contributed by atoms with Crippen LogP contribution in [0.2, 0.25) is 0 Å². The summed E-state index contributed by atoms with van der Waals surface area (Å²) in [6.07, 6.45) is 1.87. The van der Waals surface area contributed by atoms with Gasteiger partial charge in [0.2, 0.25) is 5.91 Å². The zero-order valence-corrected chi connectivity index (χ0v) is 11.2. The van der Waals surface area contributed by atoms with Crippen LogP contribution in [-0.4, -0.2) is 36.6 Å². The largest absolute Gasteiger partial charge is 0.352 e. The maximum absolute atomic E-state index is 11.8. The Hall–Kier alpha value is -1.14. The van der Waals surface area contributed by atoms with Gasteiger partial charge in [0.05, 0.1) is 0 Å². The zero-order chi connectivity index (χ0) is 12.5. The minimum Gasteiger partial charge on any atom is -0.352 e. The van der Waals surface area contributed by atoms with E-state index in [-0.39, 0.29) is 5.91 Å². The second-order valence-corrected chi connectivity index (χ2v) is 5.70. The Morgan fingerprint density at radius 1 is 1.65 bits per heavy atom. The highest BCUT2D eigenvalue weighted by Crippen LogP contribution is 2.29. The van der Waals surface area contributed by atoms with Crippen molar-refractivity contribution in [1.82, 2.24) is 15.6 Å². The number of hydrogen-bond donors (Lipinski definition) is 2. The van der Waals surface area contributed by atoms with Crippen LogP contribution >= 0.6 is 11.3 Å². The fraction of sp³-hybridized carbons (Fsp3) is 0.636. The molecule has 1 aliphatic rings. The number of nitrogens with one attached hydrogen (secondary N) is 2. The topological polar surface area (TPSA) is 57.3 Å². The number of hydrogen-bond acceptors (Lipinski definition) is 5. The van der Waals surface area contributed by atoms with E-state index in [4.69, 9.17) is 0 Å². The van der Waals surface area contributed by atoms with Gasteiger partial charge in [-0.05, 0) is 20.9 Å². The maximum atomic E-state index is 11.8. The molecule has 6 heteroatoms. The number of carbonyl (C=O) groups excluding carboxylic acids is 1. The van der Waals surface area contributed by atoms with E-state index in [1.807, 2.05) is 27.1 Å². The number of aromatic nitrogens is 1. The summed E-state index contributed by atoms with van der Waals surface area (Å²) in [5, 5.41) is 6.92. The van der Waals surface area contributed by atoms with Gasteiger partial charge in [-0.1, -0.05) is 0 Å². The predicted octanol–water partition coefficient (Wildman–Crippen LogP) is 0.577. The van der Waals surface area contributed by atoms with Crippen LogP contribution in [0.3, 0.4) is 0 Å². The summed E-state index contributed by atoms with van der Waals surface area (Å²) in [7, 11) is 1.91. The van der Waals surface area contributed by atoms with E-state index in [0.29, 0.717) is 6.54 Å². The Morgan fingerprint density at radius 2 is 2.41 bits per heavy atom. The van der Waals surface area contributed by atoms with Gasteiger partial charge < -0.3 is 15.5 Å². The summed E-state index contributed by atoms with van der Waals surface area (Å²) in [5.74, 6) is 0.0640. The molecule has 0 spiro atoms. The SMILES string of the molecule is CNCc1cnc(N2CCNC(=O)C2(C)C)s1. The summed E-state index contributed by atoms with van der Waals surface area (Å²) in [5.41, 5.74) is -0.521. The Kier molecular flexibility index (Phi) is 3.35. The van der Waals surface area contributed by atoms with Crippen LogP contribution in [0.1, 0.15) is 18.7 Å². The highest BCUT2D eigenvalue weighted by molar-refractivity contribution is 7.15. The molecule has 5 nitrogen and oxygen atoms in total. The lowest BCUT2D eigenvalue weighted by Crippen LogP contribution is -2.62. The first kappa shape index (κ1) is 12.3. The summed E-state index contributed by atoms with van der Waals surface area (Å²) in [4.78, 5) is 19.5. The molecule has 1 aliphatic heterocycles. The van der Waals surface area contributed by atoms with Gasteiger partial charge in [0, 0.05) is 30.7 Å². The Labute approximate surface area is 105 Å². The third kappa shape index (κ3) is 2.28. The van der Waals surface area contributed by atoms with E-state index in [9.17, 15) is 4.79 Å². The maximum Gasteiger partial charge on any atom is 0.245 e. The second-order valence-electron chi connectivity index (χ2n) is 4.61. The summed E-state index contributed by atoms with van der Waals surface area (Å²) >= 11 is 1.64. The molecule has 1 aromatic heterocycles. The molecule has 0 unspecified atom stereocenters. The number of piperazine rings is 1. The summed E-state index contributed by atoms with van der Waals surface area (Å²) in [6.45, 7) is 6.17. The molecule has 0 aromatic carbocycles. The van der Waals surface area contributed by atoms with E-state index in [2.05, 4.69) is 20.5 Å². The second kappa shape index (κ2) is 4.62. The monoisotopic (exact) mass is 254 g/mol. The number of rotatable bonds is 3. The van der Waals surface area contributed by atoms with Crippen LogP contribution in [0.15, 0.2) is 6.20 Å². The molecule has 1 amide bonds. The molecule has 2 N–H and O–H groups in total. The fourth-order valence-electron chi connectivity index (χ4n) is 1.91. The number of thiazole rings is 1. The molecule has 2 rings (SSSR count). The zero-order valence-electron chi connectivity index (χ0n) is 10.4. The van der Waals surface area contributed by atoms with Crippen molar-refractivity contribution in [2.75, 3.05) is 25.0 Å². The first-order valence-corrected chi connectivity index (χ1v) is 6.52. The number of nitrogens with zero attached hydrogens (tertiary/aromatic N) is 2. The lowest BCUT2D eigenvalue weighted by atomic mass is 10.00. The van der Waals surface area contributed by atoms with Crippen LogP contribution in [0.4, 0.5) is 5.13 Å². The molecule has 0 aliphatic carbocycles. The molecular weight excluding hydrogens is 236 g/mol. The molecule has 1 saturated heterocycles. The lowest BCUT2D eigenvalue weighted by molar-refractivity contribution is -0.126. The van der Waals surface area contributed by atoms with E-state index in [1.54, 1.807) is 11.3 Å². The summed E-state index contributed by atoms with van der Waals surface area (Å²) < 4.78 is 0. The first-order valence-electron chi connectivity index (χ1n) is 5.71. The van der Waals surface area contributed by atoms with Gasteiger partial charge >= 0.3 is 0 Å². The standard InChI is InChI=1S/C11H18N4OS/c1-11(2)9(16)13-4-5-15(11)10-14-7-8(17-10)6-12-3/h7,12H,4-6H2,1-3H3,(H,13,16). The molecule has 0 saturated carbocycles. The quantitative estimate of drug-likeness (QED) is 0.828. The first-order chi connectivity index (χ1) is 8.05. The number of anilines is 1. The van der Waals surface area contributed by atoms with Gasteiger partial charge in [-0.25, -0.2) is 4.98 Å². The third-order valence-electron chi connectivity index (χ3n) is 2.97. The highest BCUT2D eigenvalue weighted by Gasteiger charge is 2.38. The average Bonchev–Trinajstić information content (AvgIpc) is 2.71. The van der Waals surface area contributed by atoms with Gasteiger partial charge in [-0.2, -0.15) is 0 Å². The predicted molar refractivity (Wildman–Crippen MR) is 69.3 cm³/mol. The Balaban J connectivity index is 2.22. The minimum absolute atomic E-state index is 0.0640. The van der Waals surface area contributed by atoms with Crippen molar-refractivity contribution in [2.45, 2.75) is 25.9 Å². The van der Waals surface area contributed by atoms with E-state index in [1.165, 1.54) is 4.88 Å². The van der Waals surface area contributed by atoms with Gasteiger partial charge in [0.25, 0.3) is 0 Å². The molecule has 0 radical (unpaired) electrons. The molecule has 17 heavy (non-hydrogen) atoms. The van der Waals surface area contributed by atoms with Crippen molar-refractivity contribution in [3.8, 4) is 0 Å². The highest BCUT2D eigenvalue weighted by atomic mass is 32.1. The number of carbonyl (C=O) groups is 1. The van der Waals surface area contributed by atoms with Gasteiger partial charge in [-0.15, -0.1) is 11.3 Å². The molecular formula is C11H18N4OS. The molecule has 1 fully saturated rings. The van der Waals surface area contributed by atoms with Gasteiger partial charge in [-0.3, -0.25) is 4.79 Å². The van der Waals surface area contributed by atoms with Crippen molar-refractivity contribution in [3.05, 3.63) is 11.1 Å². The van der Waals surface area contributed by atoms with Crippen molar-refractivity contribution in [2.24, 2.45) is 0 Å². The fourth-order valence-corrected chi connectivity index (χ4v) is 3.00. The smallest absolute Gasteiger partial charge is 0.245 e. The van der Waals surface area contributed by atoms with E-state index in [0.717, 1.165) is 18.2 Å². The van der Waals surface area contributed by atoms with Gasteiger partial charge in [0.1, 0.15) is 5.54 Å². The Morgan fingerprint density at radius 3 is 3.12 bits per heavy atom. The van der Waals surface area contributed by atoms with E-state index >= 15 is 0 Å². The van der Waals surface area contributed by atoms with Crippen LogP contribution in [0.5, 0.6) is 0 Å². The average molecular weight is 254 g/mol.